The first-order chi connectivity index (χ1) is 8.02. The average Bonchev–Trinajstić information content (AvgIpc) is 2.65. The number of ether oxygens (including phenoxy) is 1. The lowest BCUT2D eigenvalue weighted by molar-refractivity contribution is -0.0359. The molecule has 0 saturated carbocycles. The Morgan fingerprint density at radius 2 is 2.29 bits per heavy atom. The first-order valence-corrected chi connectivity index (χ1v) is 4.94. The summed E-state index contributed by atoms with van der Waals surface area (Å²) >= 11 is 0. The Morgan fingerprint density at radius 3 is 2.88 bits per heavy atom. The van der Waals surface area contributed by atoms with Crippen LogP contribution in [0.4, 0.5) is 8.78 Å². The third kappa shape index (κ3) is 2.13. The van der Waals surface area contributed by atoms with Gasteiger partial charge in [-0.1, -0.05) is 0 Å². The van der Waals surface area contributed by atoms with Crippen molar-refractivity contribution < 1.29 is 18.6 Å². The van der Waals surface area contributed by atoms with Crippen molar-refractivity contribution in [3.05, 3.63) is 32.9 Å². The fourth-order valence-electron chi connectivity index (χ4n) is 1.70. The van der Waals surface area contributed by atoms with E-state index >= 15 is 0 Å². The monoisotopic (exact) mass is 248 g/mol. The lowest BCUT2D eigenvalue weighted by atomic mass is 10.2. The molecule has 1 aliphatic rings. The molecule has 1 aliphatic heterocycles. The van der Waals surface area contributed by atoms with E-state index in [1.54, 1.807) is 4.98 Å². The van der Waals surface area contributed by atoms with Crippen LogP contribution in [0.15, 0.2) is 15.8 Å². The molecular formula is C9H10F2N2O4. The highest BCUT2D eigenvalue weighted by atomic mass is 19.1. The largest absolute Gasteiger partial charge is 0.394 e. The molecule has 0 aromatic carbocycles. The van der Waals surface area contributed by atoms with Gasteiger partial charge in [-0.3, -0.25) is 14.3 Å². The molecule has 1 saturated heterocycles. The minimum absolute atomic E-state index is 0.184. The number of aliphatic hydroxyl groups is 1. The van der Waals surface area contributed by atoms with Crippen LogP contribution in [-0.4, -0.2) is 33.5 Å². The molecule has 1 aromatic heterocycles. The van der Waals surface area contributed by atoms with E-state index in [-0.39, 0.29) is 6.42 Å². The number of rotatable bonds is 2. The van der Waals surface area contributed by atoms with E-state index in [0.717, 1.165) is 4.57 Å². The average molecular weight is 248 g/mol. The van der Waals surface area contributed by atoms with Gasteiger partial charge in [0.05, 0.1) is 12.8 Å². The van der Waals surface area contributed by atoms with Crippen LogP contribution in [0.5, 0.6) is 0 Å². The highest BCUT2D eigenvalue weighted by Gasteiger charge is 2.36. The van der Waals surface area contributed by atoms with E-state index in [1.807, 2.05) is 0 Å². The predicted octanol–water partition coefficient (Wildman–Crippen LogP) is -0.706. The number of alkyl halides is 1. The summed E-state index contributed by atoms with van der Waals surface area (Å²) in [6.45, 7) is -0.530. The third-order valence-corrected chi connectivity index (χ3v) is 2.58. The second-order valence-electron chi connectivity index (χ2n) is 3.71. The summed E-state index contributed by atoms with van der Waals surface area (Å²) in [5, 5.41) is 8.78. The van der Waals surface area contributed by atoms with E-state index in [9.17, 15) is 18.4 Å². The van der Waals surface area contributed by atoms with Gasteiger partial charge in [-0.25, -0.2) is 9.18 Å². The molecule has 2 N–H and O–H groups in total. The number of aromatic amines is 1. The van der Waals surface area contributed by atoms with Crippen LogP contribution in [0.1, 0.15) is 12.6 Å². The highest BCUT2D eigenvalue weighted by Crippen LogP contribution is 2.29. The summed E-state index contributed by atoms with van der Waals surface area (Å²) in [6, 6.07) is 0. The summed E-state index contributed by atoms with van der Waals surface area (Å²) in [5.74, 6) is -1.16. The van der Waals surface area contributed by atoms with Crippen molar-refractivity contribution in [3.8, 4) is 0 Å². The van der Waals surface area contributed by atoms with Gasteiger partial charge in [-0.2, -0.15) is 4.39 Å². The standard InChI is InChI=1S/C9H10F2N2O4/c10-4-1-7(17-6(4)3-14)13-2-5(11)8(15)12-9(13)16/h2,4,6-7,14H,1,3H2,(H,12,15,16)/t4-,6?,7-/m1/s1. The minimum Gasteiger partial charge on any atom is -0.394 e. The Labute approximate surface area is 93.5 Å². The molecule has 0 radical (unpaired) electrons. The van der Waals surface area contributed by atoms with Crippen molar-refractivity contribution in [2.75, 3.05) is 6.61 Å². The zero-order chi connectivity index (χ0) is 12.6. The summed E-state index contributed by atoms with van der Waals surface area (Å²) in [4.78, 5) is 23.9. The van der Waals surface area contributed by atoms with Gasteiger partial charge >= 0.3 is 5.69 Å². The summed E-state index contributed by atoms with van der Waals surface area (Å²) < 4.78 is 32.1. The second-order valence-corrected chi connectivity index (χ2v) is 3.71. The number of aliphatic hydroxyl groups excluding tert-OH is 1. The van der Waals surface area contributed by atoms with Gasteiger partial charge in [0, 0.05) is 6.42 Å². The topological polar surface area (TPSA) is 84.3 Å². The van der Waals surface area contributed by atoms with Crippen molar-refractivity contribution in [2.45, 2.75) is 24.9 Å². The molecule has 2 heterocycles. The van der Waals surface area contributed by atoms with Gasteiger partial charge < -0.3 is 9.84 Å². The van der Waals surface area contributed by atoms with Gasteiger partial charge in [0.15, 0.2) is 0 Å². The Hall–Kier alpha value is -1.54. The molecule has 2 rings (SSSR count). The van der Waals surface area contributed by atoms with Gasteiger partial charge in [-0.15, -0.1) is 0 Å². The number of nitrogens with one attached hydrogen (secondary N) is 1. The fourth-order valence-corrected chi connectivity index (χ4v) is 1.70. The minimum atomic E-state index is -1.44. The molecule has 0 aliphatic carbocycles. The maximum absolute atomic E-state index is 13.3. The van der Waals surface area contributed by atoms with Crippen molar-refractivity contribution in [1.29, 1.82) is 0 Å². The van der Waals surface area contributed by atoms with Crippen LogP contribution in [0.3, 0.4) is 0 Å². The first kappa shape index (κ1) is 11.9. The molecule has 8 heteroatoms. The van der Waals surface area contributed by atoms with Crippen LogP contribution in [0.2, 0.25) is 0 Å². The summed E-state index contributed by atoms with van der Waals surface area (Å²) in [6.07, 6.45) is -3.02. The Kier molecular flexibility index (Phi) is 3.07. The number of nitrogens with zero attached hydrogens (tertiary/aromatic N) is 1. The van der Waals surface area contributed by atoms with Crippen molar-refractivity contribution in [1.82, 2.24) is 9.55 Å². The van der Waals surface area contributed by atoms with Crippen LogP contribution in [-0.2, 0) is 4.74 Å². The molecule has 0 amide bonds. The van der Waals surface area contributed by atoms with Crippen molar-refractivity contribution >= 4 is 0 Å². The maximum Gasteiger partial charge on any atom is 0.330 e. The van der Waals surface area contributed by atoms with Crippen molar-refractivity contribution in [2.24, 2.45) is 0 Å². The van der Waals surface area contributed by atoms with Crippen molar-refractivity contribution in [3.63, 3.8) is 0 Å². The van der Waals surface area contributed by atoms with E-state index in [4.69, 9.17) is 9.84 Å². The lowest BCUT2D eigenvalue weighted by Gasteiger charge is -2.13. The molecule has 0 bridgehead atoms. The third-order valence-electron chi connectivity index (χ3n) is 2.58. The molecule has 0 spiro atoms. The van der Waals surface area contributed by atoms with Crippen LogP contribution >= 0.6 is 0 Å². The molecular weight excluding hydrogens is 238 g/mol. The summed E-state index contributed by atoms with van der Waals surface area (Å²) in [5.41, 5.74) is -2.02. The number of H-pyrrole nitrogens is 1. The molecule has 1 fully saturated rings. The first-order valence-electron chi connectivity index (χ1n) is 4.94. The molecule has 1 aromatic rings. The Morgan fingerprint density at radius 1 is 1.59 bits per heavy atom. The predicted molar refractivity (Wildman–Crippen MR) is 51.8 cm³/mol. The molecule has 1 unspecified atom stereocenters. The van der Waals surface area contributed by atoms with E-state index in [1.165, 1.54) is 0 Å². The number of hydrogen-bond donors (Lipinski definition) is 2. The van der Waals surface area contributed by atoms with Gasteiger partial charge in [0.2, 0.25) is 5.82 Å². The smallest absolute Gasteiger partial charge is 0.330 e. The maximum atomic E-state index is 13.3. The van der Waals surface area contributed by atoms with Crippen LogP contribution in [0.25, 0.3) is 0 Å². The Balaban J connectivity index is 2.34. The van der Waals surface area contributed by atoms with Crippen LogP contribution < -0.4 is 11.2 Å². The number of aromatic nitrogens is 2. The van der Waals surface area contributed by atoms with E-state index < -0.39 is 42.2 Å². The fraction of sp³-hybridized carbons (Fsp3) is 0.556. The SMILES string of the molecule is O=c1[nH]c(=O)n([C@H]2C[C@@H](F)C(CO)O2)cc1F. The normalized spacial score (nSPS) is 28.5. The van der Waals surface area contributed by atoms with Gasteiger partial charge in [0.1, 0.15) is 18.5 Å². The second kappa shape index (κ2) is 4.38. The molecule has 94 valence electrons. The zero-order valence-corrected chi connectivity index (χ0v) is 8.60. The zero-order valence-electron chi connectivity index (χ0n) is 8.60. The molecule has 6 nitrogen and oxygen atoms in total. The molecule has 17 heavy (non-hydrogen) atoms. The van der Waals surface area contributed by atoms with E-state index in [0.29, 0.717) is 6.20 Å². The highest BCUT2D eigenvalue weighted by molar-refractivity contribution is 4.91. The number of halogens is 2. The quantitative estimate of drug-likeness (QED) is 0.724. The molecule has 3 atom stereocenters. The Bertz CT molecular complexity index is 526. The van der Waals surface area contributed by atoms with Gasteiger partial charge in [0.25, 0.3) is 5.56 Å². The number of hydrogen-bond acceptors (Lipinski definition) is 4. The summed E-state index contributed by atoms with van der Waals surface area (Å²) in [7, 11) is 0. The van der Waals surface area contributed by atoms with Crippen LogP contribution in [0, 0.1) is 5.82 Å². The van der Waals surface area contributed by atoms with Gasteiger partial charge in [-0.05, 0) is 0 Å². The lowest BCUT2D eigenvalue weighted by Crippen LogP contribution is -2.34. The van der Waals surface area contributed by atoms with E-state index in [2.05, 4.69) is 0 Å².